The third-order valence-electron chi connectivity index (χ3n) is 7.72. The van der Waals surface area contributed by atoms with E-state index in [9.17, 15) is 27.9 Å². The number of aryl methyl sites for hydroxylation is 1. The van der Waals surface area contributed by atoms with Crippen LogP contribution in [0.3, 0.4) is 0 Å². The Morgan fingerprint density at radius 1 is 1.23 bits per heavy atom. The second-order valence-corrected chi connectivity index (χ2v) is 13.9. The number of aromatic nitrogens is 2. The van der Waals surface area contributed by atoms with Gasteiger partial charge in [-0.05, 0) is 50.8 Å². The van der Waals surface area contributed by atoms with Crippen LogP contribution < -0.4 is 10.6 Å². The van der Waals surface area contributed by atoms with Gasteiger partial charge < -0.3 is 25.7 Å². The average molecular weight is 582 g/mol. The molecule has 0 spiro atoms. The van der Waals surface area contributed by atoms with Crippen molar-refractivity contribution in [2.45, 2.75) is 55.2 Å². The SMILES string of the molecule is Cn1nc(C(=O)NCc2ccc(Cl)cc2)c2c1C(=O)N(CC1(S(=O)(=O)C(C)(C)[C@@H](CO)NC(=O)O)CC1)CC2. The number of hydrogen-bond acceptors (Lipinski definition) is 7. The van der Waals surface area contributed by atoms with Crippen molar-refractivity contribution in [2.75, 3.05) is 19.7 Å². The molecule has 1 aromatic heterocycles. The first-order chi connectivity index (χ1) is 18.2. The summed E-state index contributed by atoms with van der Waals surface area (Å²) in [6.07, 6.45) is -0.503. The van der Waals surface area contributed by atoms with Crippen molar-refractivity contribution in [2.24, 2.45) is 7.05 Å². The number of nitrogens with zero attached hydrogens (tertiary/aromatic N) is 3. The van der Waals surface area contributed by atoms with E-state index in [4.69, 9.17) is 16.7 Å². The van der Waals surface area contributed by atoms with Crippen molar-refractivity contribution < 1.29 is 33.0 Å². The van der Waals surface area contributed by atoms with Crippen LogP contribution in [0.4, 0.5) is 4.79 Å². The largest absolute Gasteiger partial charge is 0.465 e. The van der Waals surface area contributed by atoms with Crippen molar-refractivity contribution in [1.29, 1.82) is 0 Å². The molecule has 3 amide bonds. The first-order valence-electron chi connectivity index (χ1n) is 12.5. The van der Waals surface area contributed by atoms with Crippen molar-refractivity contribution in [3.63, 3.8) is 0 Å². The average Bonchev–Trinajstić information content (AvgIpc) is 3.59. The molecule has 2 aliphatic rings. The summed E-state index contributed by atoms with van der Waals surface area (Å²) >= 11 is 5.90. The Hall–Kier alpha value is -3.16. The molecule has 1 atom stereocenters. The molecule has 1 aliphatic heterocycles. The maximum atomic E-state index is 13.8. The van der Waals surface area contributed by atoms with Gasteiger partial charge in [0.15, 0.2) is 15.5 Å². The van der Waals surface area contributed by atoms with Crippen LogP contribution in [-0.4, -0.2) is 86.5 Å². The molecule has 1 aromatic carbocycles. The lowest BCUT2D eigenvalue weighted by atomic mass is 10.0. The lowest BCUT2D eigenvalue weighted by molar-refractivity contribution is 0.0724. The Labute approximate surface area is 231 Å². The molecule has 1 saturated carbocycles. The Kier molecular flexibility index (Phi) is 7.71. The highest BCUT2D eigenvalue weighted by Crippen LogP contribution is 2.50. The van der Waals surface area contributed by atoms with Gasteiger partial charge in [-0.15, -0.1) is 0 Å². The minimum Gasteiger partial charge on any atom is -0.465 e. The van der Waals surface area contributed by atoms with E-state index in [0.29, 0.717) is 29.8 Å². The number of carboxylic acid groups (broad SMARTS) is 1. The number of fused-ring (bicyclic) bond motifs is 1. The van der Waals surface area contributed by atoms with E-state index in [1.165, 1.54) is 23.4 Å². The van der Waals surface area contributed by atoms with E-state index >= 15 is 0 Å². The van der Waals surface area contributed by atoms with Crippen LogP contribution in [0.1, 0.15) is 58.8 Å². The molecule has 4 N–H and O–H groups in total. The molecule has 12 nitrogen and oxygen atoms in total. The topological polar surface area (TPSA) is 171 Å². The summed E-state index contributed by atoms with van der Waals surface area (Å²) < 4.78 is 26.0. The first kappa shape index (κ1) is 28.8. The quantitative estimate of drug-likeness (QED) is 0.326. The maximum absolute atomic E-state index is 13.8. The number of rotatable bonds is 10. The van der Waals surface area contributed by atoms with Gasteiger partial charge in [0.2, 0.25) is 0 Å². The minimum absolute atomic E-state index is 0.0778. The van der Waals surface area contributed by atoms with E-state index in [2.05, 4.69) is 15.7 Å². The maximum Gasteiger partial charge on any atom is 0.405 e. The Morgan fingerprint density at radius 3 is 2.44 bits per heavy atom. The van der Waals surface area contributed by atoms with E-state index in [1.54, 1.807) is 31.3 Å². The van der Waals surface area contributed by atoms with Gasteiger partial charge in [-0.25, -0.2) is 13.2 Å². The second-order valence-electron chi connectivity index (χ2n) is 10.6. The summed E-state index contributed by atoms with van der Waals surface area (Å²) in [6.45, 7) is 2.44. The van der Waals surface area contributed by atoms with E-state index in [-0.39, 0.29) is 31.0 Å². The molecule has 212 valence electrons. The molecule has 1 fully saturated rings. The zero-order chi connectivity index (χ0) is 28.8. The molecule has 2 heterocycles. The van der Waals surface area contributed by atoms with Gasteiger partial charge in [-0.1, -0.05) is 23.7 Å². The van der Waals surface area contributed by atoms with Gasteiger partial charge in [0.25, 0.3) is 11.8 Å². The Bertz CT molecular complexity index is 1400. The molecule has 0 saturated heterocycles. The fourth-order valence-corrected chi connectivity index (χ4v) is 7.82. The number of aliphatic hydroxyl groups excluding tert-OH is 1. The van der Waals surface area contributed by atoms with Crippen molar-refractivity contribution in [3.8, 4) is 0 Å². The second kappa shape index (κ2) is 10.4. The van der Waals surface area contributed by atoms with Gasteiger partial charge in [0, 0.05) is 37.3 Å². The monoisotopic (exact) mass is 581 g/mol. The van der Waals surface area contributed by atoms with E-state index in [1.807, 2.05) is 0 Å². The number of aliphatic hydroxyl groups is 1. The fraction of sp³-hybridized carbons (Fsp3) is 0.520. The number of carbonyl (C=O) groups excluding carboxylic acids is 2. The van der Waals surface area contributed by atoms with Crippen molar-refractivity contribution in [3.05, 3.63) is 51.8 Å². The standard InChI is InChI=1S/C25H32ClN5O7S/c1-24(2,18(13-32)28-23(35)36)39(37,38)25(9-10-25)14-31-11-8-17-19(29-30(3)20(17)22(31)34)21(33)27-12-15-4-6-16(26)7-5-15/h4-7,18,28,32H,8-14H2,1-3H3,(H,27,33)(H,35,36)/t18-/m1/s1. The summed E-state index contributed by atoms with van der Waals surface area (Å²) in [4.78, 5) is 39.1. The normalized spacial score (nSPS) is 17.4. The predicted molar refractivity (Wildman–Crippen MR) is 142 cm³/mol. The summed E-state index contributed by atoms with van der Waals surface area (Å²) in [6, 6.07) is 5.79. The lowest BCUT2D eigenvalue weighted by Gasteiger charge is -2.38. The Morgan fingerprint density at radius 2 is 1.87 bits per heavy atom. The van der Waals surface area contributed by atoms with Gasteiger partial charge in [0.05, 0.1) is 22.1 Å². The van der Waals surface area contributed by atoms with Crippen LogP contribution in [0.2, 0.25) is 5.02 Å². The molecule has 39 heavy (non-hydrogen) atoms. The van der Waals surface area contributed by atoms with Crippen LogP contribution in [0.15, 0.2) is 24.3 Å². The van der Waals surface area contributed by atoms with Crippen LogP contribution in [0.5, 0.6) is 0 Å². The van der Waals surface area contributed by atoms with E-state index in [0.717, 1.165) is 5.56 Å². The van der Waals surface area contributed by atoms with Gasteiger partial charge in [-0.2, -0.15) is 5.10 Å². The summed E-state index contributed by atoms with van der Waals surface area (Å²) in [5, 5.41) is 28.6. The van der Waals surface area contributed by atoms with Crippen molar-refractivity contribution in [1.82, 2.24) is 25.3 Å². The number of carbonyl (C=O) groups is 3. The summed E-state index contributed by atoms with van der Waals surface area (Å²) in [5.41, 5.74) is 1.73. The number of amides is 3. The molecule has 1 aliphatic carbocycles. The van der Waals surface area contributed by atoms with Crippen molar-refractivity contribution >= 4 is 39.3 Å². The van der Waals surface area contributed by atoms with Gasteiger partial charge >= 0.3 is 6.09 Å². The van der Waals surface area contributed by atoms with Crippen LogP contribution in [-0.2, 0) is 29.9 Å². The van der Waals surface area contributed by atoms with Gasteiger partial charge in [-0.3, -0.25) is 14.3 Å². The Balaban J connectivity index is 1.51. The third kappa shape index (κ3) is 5.22. The van der Waals surface area contributed by atoms with Crippen LogP contribution in [0.25, 0.3) is 0 Å². The molecule has 4 rings (SSSR count). The highest BCUT2D eigenvalue weighted by molar-refractivity contribution is 7.94. The number of halogens is 1. The summed E-state index contributed by atoms with van der Waals surface area (Å²) in [7, 11) is -2.45. The molecule has 0 bridgehead atoms. The first-order valence-corrected chi connectivity index (χ1v) is 14.3. The van der Waals surface area contributed by atoms with E-state index < -0.39 is 49.9 Å². The third-order valence-corrected chi connectivity index (χ3v) is 11.3. The van der Waals surface area contributed by atoms with Crippen LogP contribution >= 0.6 is 11.6 Å². The number of hydrogen-bond donors (Lipinski definition) is 4. The predicted octanol–water partition coefficient (Wildman–Crippen LogP) is 1.36. The molecule has 2 aromatic rings. The fourth-order valence-electron chi connectivity index (χ4n) is 5.10. The number of benzene rings is 1. The minimum atomic E-state index is -4.01. The zero-order valence-electron chi connectivity index (χ0n) is 21.9. The molecule has 14 heteroatoms. The number of nitrogens with one attached hydrogen (secondary N) is 2. The molecular weight excluding hydrogens is 550 g/mol. The molecular formula is C25H32ClN5O7S. The summed E-state index contributed by atoms with van der Waals surface area (Å²) in [5.74, 6) is -0.850. The highest BCUT2D eigenvalue weighted by atomic mass is 35.5. The zero-order valence-corrected chi connectivity index (χ0v) is 23.5. The van der Waals surface area contributed by atoms with Crippen LogP contribution in [0, 0.1) is 0 Å². The smallest absolute Gasteiger partial charge is 0.405 e. The molecule has 0 unspecified atom stereocenters. The highest BCUT2D eigenvalue weighted by Gasteiger charge is 2.62. The number of sulfone groups is 1. The molecule has 0 radical (unpaired) electrons. The lowest BCUT2D eigenvalue weighted by Crippen LogP contribution is -2.60. The van der Waals surface area contributed by atoms with Gasteiger partial charge in [0.1, 0.15) is 5.69 Å².